The van der Waals surface area contributed by atoms with Crippen molar-refractivity contribution >= 4 is 5.78 Å². The van der Waals surface area contributed by atoms with E-state index in [-0.39, 0.29) is 5.41 Å². The number of hydrogen-bond acceptors (Lipinski definition) is 1. The highest BCUT2D eigenvalue weighted by atomic mass is 16.1. The van der Waals surface area contributed by atoms with E-state index in [0.717, 1.165) is 12.8 Å². The number of ketones is 1. The number of Topliss-reactive ketones (excluding diaryl/α,β-unsaturated/α-hetero) is 1. The summed E-state index contributed by atoms with van der Waals surface area (Å²) in [5.41, 5.74) is 5.90. The summed E-state index contributed by atoms with van der Waals surface area (Å²) in [6, 6.07) is 6.61. The maximum Gasteiger partial charge on any atom is 0.138 e. The van der Waals surface area contributed by atoms with Gasteiger partial charge in [0.1, 0.15) is 5.78 Å². The molecule has 1 fully saturated rings. The van der Waals surface area contributed by atoms with E-state index < -0.39 is 0 Å². The van der Waals surface area contributed by atoms with Gasteiger partial charge in [-0.05, 0) is 48.8 Å². The van der Waals surface area contributed by atoms with Crippen LogP contribution in [0.25, 0.3) is 0 Å². The second kappa shape index (κ2) is 3.34. The molecule has 0 amide bonds. The van der Waals surface area contributed by atoms with E-state index in [1.807, 2.05) is 0 Å². The van der Waals surface area contributed by atoms with Gasteiger partial charge < -0.3 is 0 Å². The zero-order valence-corrected chi connectivity index (χ0v) is 10.8. The molecule has 2 unspecified atom stereocenters. The number of benzene rings is 1. The first-order valence-corrected chi connectivity index (χ1v) is 6.98. The van der Waals surface area contributed by atoms with Gasteiger partial charge in [0.2, 0.25) is 0 Å². The van der Waals surface area contributed by atoms with Crippen molar-refractivity contribution in [2.24, 2.45) is 5.92 Å². The largest absolute Gasteiger partial charge is 0.299 e. The predicted octanol–water partition coefficient (Wildman–Crippen LogP) is 3.49. The molecular formula is C17H18O. The minimum atomic E-state index is 0.167. The predicted molar refractivity (Wildman–Crippen MR) is 71.6 cm³/mol. The normalized spacial score (nSPS) is 32.8. The van der Waals surface area contributed by atoms with Crippen LogP contribution in [0.15, 0.2) is 29.8 Å². The van der Waals surface area contributed by atoms with Crippen molar-refractivity contribution in [2.75, 3.05) is 0 Å². The molecule has 0 saturated heterocycles. The van der Waals surface area contributed by atoms with Gasteiger partial charge in [-0.2, -0.15) is 0 Å². The molecular weight excluding hydrogens is 220 g/mol. The third-order valence-electron chi connectivity index (χ3n) is 5.36. The topological polar surface area (TPSA) is 17.1 Å². The minimum absolute atomic E-state index is 0.167. The molecule has 0 aromatic heterocycles. The monoisotopic (exact) mass is 238 g/mol. The Kier molecular flexibility index (Phi) is 1.96. The summed E-state index contributed by atoms with van der Waals surface area (Å²) in [4.78, 5) is 12.2. The Bertz CT molecular complexity index is 581. The highest BCUT2D eigenvalue weighted by molar-refractivity contribution is 5.86. The van der Waals surface area contributed by atoms with Crippen LogP contribution in [0, 0.1) is 12.8 Å². The van der Waals surface area contributed by atoms with Gasteiger partial charge >= 0.3 is 0 Å². The summed E-state index contributed by atoms with van der Waals surface area (Å²) in [6.45, 7) is 2.15. The van der Waals surface area contributed by atoms with Crippen molar-refractivity contribution in [2.45, 2.75) is 44.4 Å². The number of aryl methyl sites for hydroxylation is 1. The molecule has 0 heterocycles. The van der Waals surface area contributed by atoms with E-state index in [1.54, 1.807) is 5.57 Å². The molecule has 1 spiro atoms. The molecule has 0 radical (unpaired) electrons. The van der Waals surface area contributed by atoms with Crippen molar-refractivity contribution in [1.82, 2.24) is 0 Å². The van der Waals surface area contributed by atoms with Gasteiger partial charge in [-0.25, -0.2) is 0 Å². The molecule has 2 bridgehead atoms. The fourth-order valence-electron chi connectivity index (χ4n) is 4.54. The molecule has 18 heavy (non-hydrogen) atoms. The molecule has 0 aliphatic heterocycles. The smallest absolute Gasteiger partial charge is 0.138 e. The SMILES string of the molecule is Cc1cccc2c1CC(=O)CC21CC2=CCC1C2. The van der Waals surface area contributed by atoms with Gasteiger partial charge in [0.25, 0.3) is 0 Å². The zero-order valence-electron chi connectivity index (χ0n) is 10.8. The quantitative estimate of drug-likeness (QED) is 0.632. The summed E-state index contributed by atoms with van der Waals surface area (Å²) >= 11 is 0. The van der Waals surface area contributed by atoms with Gasteiger partial charge in [-0.1, -0.05) is 29.8 Å². The van der Waals surface area contributed by atoms with E-state index in [0.29, 0.717) is 18.1 Å². The molecule has 2 atom stereocenters. The van der Waals surface area contributed by atoms with Crippen LogP contribution in [0.5, 0.6) is 0 Å². The van der Waals surface area contributed by atoms with Gasteiger partial charge in [0, 0.05) is 18.3 Å². The molecule has 4 rings (SSSR count). The lowest BCUT2D eigenvalue weighted by molar-refractivity contribution is -0.120. The standard InChI is InChI=1S/C17H18O/c1-11-3-2-4-16-15(11)8-14(18)10-17(16)9-12-5-6-13(17)7-12/h2-5,13H,6-10H2,1H3. The number of rotatable bonds is 0. The highest BCUT2D eigenvalue weighted by Gasteiger charge is 2.51. The second-order valence-corrected chi connectivity index (χ2v) is 6.33. The second-order valence-electron chi connectivity index (χ2n) is 6.33. The minimum Gasteiger partial charge on any atom is -0.299 e. The van der Waals surface area contributed by atoms with Crippen LogP contribution in [-0.2, 0) is 16.6 Å². The van der Waals surface area contributed by atoms with Crippen molar-refractivity contribution in [3.63, 3.8) is 0 Å². The number of carbonyl (C=O) groups is 1. The third-order valence-corrected chi connectivity index (χ3v) is 5.36. The maximum absolute atomic E-state index is 12.2. The fraction of sp³-hybridized carbons (Fsp3) is 0.471. The van der Waals surface area contributed by atoms with Crippen LogP contribution in [0.4, 0.5) is 0 Å². The Morgan fingerprint density at radius 1 is 1.28 bits per heavy atom. The van der Waals surface area contributed by atoms with Crippen molar-refractivity contribution in [3.8, 4) is 0 Å². The summed E-state index contributed by atoms with van der Waals surface area (Å²) in [7, 11) is 0. The van der Waals surface area contributed by atoms with Gasteiger partial charge in [0.05, 0.1) is 0 Å². The Labute approximate surface area is 108 Å². The maximum atomic E-state index is 12.2. The highest BCUT2D eigenvalue weighted by Crippen LogP contribution is 2.58. The number of fused-ring (bicyclic) bond motifs is 5. The molecule has 92 valence electrons. The summed E-state index contributed by atoms with van der Waals surface area (Å²) in [5, 5.41) is 0. The molecule has 0 N–H and O–H groups in total. The van der Waals surface area contributed by atoms with Crippen LogP contribution >= 0.6 is 0 Å². The van der Waals surface area contributed by atoms with E-state index in [1.165, 1.54) is 29.5 Å². The van der Waals surface area contributed by atoms with E-state index in [9.17, 15) is 4.79 Å². The fourth-order valence-corrected chi connectivity index (χ4v) is 4.54. The first-order valence-electron chi connectivity index (χ1n) is 6.98. The summed E-state index contributed by atoms with van der Waals surface area (Å²) in [5.74, 6) is 1.14. The van der Waals surface area contributed by atoms with Gasteiger partial charge in [-0.3, -0.25) is 4.79 Å². The first-order chi connectivity index (χ1) is 8.69. The Morgan fingerprint density at radius 3 is 2.89 bits per heavy atom. The average molecular weight is 238 g/mol. The summed E-state index contributed by atoms with van der Waals surface area (Å²) < 4.78 is 0. The van der Waals surface area contributed by atoms with Crippen LogP contribution in [-0.4, -0.2) is 5.78 Å². The van der Waals surface area contributed by atoms with Crippen LogP contribution in [0.2, 0.25) is 0 Å². The molecule has 3 aliphatic carbocycles. The van der Waals surface area contributed by atoms with Crippen LogP contribution in [0.3, 0.4) is 0 Å². The van der Waals surface area contributed by atoms with E-state index in [4.69, 9.17) is 0 Å². The van der Waals surface area contributed by atoms with Crippen molar-refractivity contribution < 1.29 is 4.79 Å². The Morgan fingerprint density at radius 2 is 2.17 bits per heavy atom. The van der Waals surface area contributed by atoms with E-state index >= 15 is 0 Å². The zero-order chi connectivity index (χ0) is 12.3. The first kappa shape index (κ1) is 10.5. The lowest BCUT2D eigenvalue weighted by atomic mass is 9.62. The third kappa shape index (κ3) is 1.20. The number of carbonyl (C=O) groups excluding carboxylic acids is 1. The summed E-state index contributed by atoms with van der Waals surface area (Å²) in [6.07, 6.45) is 7.42. The van der Waals surface area contributed by atoms with E-state index in [2.05, 4.69) is 31.2 Å². The molecule has 1 aromatic carbocycles. The van der Waals surface area contributed by atoms with Crippen LogP contribution < -0.4 is 0 Å². The molecule has 1 heteroatoms. The molecule has 3 aliphatic rings. The molecule has 1 nitrogen and oxygen atoms in total. The molecule has 1 saturated carbocycles. The Hall–Kier alpha value is -1.37. The lowest BCUT2D eigenvalue weighted by Gasteiger charge is -2.41. The van der Waals surface area contributed by atoms with Crippen molar-refractivity contribution in [1.29, 1.82) is 0 Å². The number of allylic oxidation sites excluding steroid dienone is 2. The average Bonchev–Trinajstić information content (AvgIpc) is 2.91. The van der Waals surface area contributed by atoms with Crippen LogP contribution in [0.1, 0.15) is 42.4 Å². The van der Waals surface area contributed by atoms with Gasteiger partial charge in [0.15, 0.2) is 0 Å². The lowest BCUT2D eigenvalue weighted by Crippen LogP contribution is -2.39. The van der Waals surface area contributed by atoms with Crippen molar-refractivity contribution in [3.05, 3.63) is 46.5 Å². The van der Waals surface area contributed by atoms with Gasteiger partial charge in [-0.15, -0.1) is 0 Å². The Balaban J connectivity index is 1.95. The number of hydrogen-bond donors (Lipinski definition) is 0. The molecule has 1 aromatic rings.